The molecule has 13 heavy (non-hydrogen) atoms. The molecule has 2 heterocycles. The van der Waals surface area contributed by atoms with E-state index in [1.807, 2.05) is 13.1 Å². The van der Waals surface area contributed by atoms with Crippen LogP contribution in [0.2, 0.25) is 0 Å². The van der Waals surface area contributed by atoms with Crippen molar-refractivity contribution >= 4 is 22.6 Å². The Morgan fingerprint density at radius 2 is 1.92 bits per heavy atom. The predicted octanol–water partition coefficient (Wildman–Crippen LogP) is 1.58. The second-order valence-corrected chi connectivity index (χ2v) is 3.91. The average molecular weight is 286 g/mol. The summed E-state index contributed by atoms with van der Waals surface area (Å²) in [6.45, 7) is 1.98. The van der Waals surface area contributed by atoms with Crippen LogP contribution in [0.3, 0.4) is 0 Å². The molecule has 0 saturated carbocycles. The SMILES string of the molecule is Cc1cnn(-c2ncc(I)cn2)c1. The van der Waals surface area contributed by atoms with Crippen molar-refractivity contribution in [2.24, 2.45) is 0 Å². The lowest BCUT2D eigenvalue weighted by Crippen LogP contribution is -2.00. The van der Waals surface area contributed by atoms with Crippen LogP contribution < -0.4 is 0 Å². The highest BCUT2D eigenvalue weighted by atomic mass is 127. The molecule has 0 aliphatic heterocycles. The maximum atomic E-state index is 4.14. The van der Waals surface area contributed by atoms with Gasteiger partial charge in [0.25, 0.3) is 0 Å². The fourth-order valence-electron chi connectivity index (χ4n) is 0.946. The minimum Gasteiger partial charge on any atom is -0.219 e. The molecule has 2 rings (SSSR count). The van der Waals surface area contributed by atoms with Gasteiger partial charge in [0, 0.05) is 22.2 Å². The molecule has 0 saturated heterocycles. The van der Waals surface area contributed by atoms with Gasteiger partial charge in [0.1, 0.15) is 0 Å². The molecular weight excluding hydrogens is 279 g/mol. The molecule has 2 aromatic heterocycles. The summed E-state index contributed by atoms with van der Waals surface area (Å²) in [6.07, 6.45) is 7.20. The Kier molecular flexibility index (Phi) is 2.26. The van der Waals surface area contributed by atoms with E-state index in [1.165, 1.54) is 0 Å². The predicted molar refractivity (Wildman–Crippen MR) is 56.6 cm³/mol. The third-order valence-electron chi connectivity index (χ3n) is 1.52. The van der Waals surface area contributed by atoms with E-state index in [0.29, 0.717) is 5.95 Å². The minimum atomic E-state index is 0.605. The number of aromatic nitrogens is 4. The number of hydrogen-bond donors (Lipinski definition) is 0. The van der Waals surface area contributed by atoms with Gasteiger partial charge in [-0.05, 0) is 35.1 Å². The van der Waals surface area contributed by atoms with E-state index in [-0.39, 0.29) is 0 Å². The number of aryl methyl sites for hydroxylation is 1. The van der Waals surface area contributed by atoms with Gasteiger partial charge in [-0.15, -0.1) is 0 Å². The average Bonchev–Trinajstić information content (AvgIpc) is 2.53. The Labute approximate surface area is 89.2 Å². The molecule has 0 atom stereocenters. The molecule has 2 aromatic rings. The van der Waals surface area contributed by atoms with E-state index in [4.69, 9.17) is 0 Å². The molecule has 0 radical (unpaired) electrons. The molecule has 0 aliphatic rings. The van der Waals surface area contributed by atoms with Crippen molar-refractivity contribution in [2.45, 2.75) is 6.92 Å². The molecule has 66 valence electrons. The Hall–Kier alpha value is -0.980. The molecule has 0 fully saturated rings. The van der Waals surface area contributed by atoms with E-state index in [2.05, 4.69) is 37.7 Å². The molecular formula is C8H7IN4. The summed E-state index contributed by atoms with van der Waals surface area (Å²) in [5, 5.41) is 4.10. The Morgan fingerprint density at radius 3 is 2.46 bits per heavy atom. The molecule has 0 amide bonds. The summed E-state index contributed by atoms with van der Waals surface area (Å²) in [5.74, 6) is 0.605. The van der Waals surface area contributed by atoms with Crippen LogP contribution in [0.4, 0.5) is 0 Å². The third kappa shape index (κ3) is 1.85. The number of nitrogens with zero attached hydrogens (tertiary/aromatic N) is 4. The highest BCUT2D eigenvalue weighted by Crippen LogP contribution is 2.04. The fraction of sp³-hybridized carbons (Fsp3) is 0.125. The third-order valence-corrected chi connectivity index (χ3v) is 2.08. The molecule has 0 aliphatic carbocycles. The lowest BCUT2D eigenvalue weighted by atomic mass is 10.4. The first kappa shape index (κ1) is 8.61. The zero-order valence-corrected chi connectivity index (χ0v) is 9.13. The van der Waals surface area contributed by atoms with Gasteiger partial charge < -0.3 is 0 Å². The van der Waals surface area contributed by atoms with E-state index >= 15 is 0 Å². The lowest BCUT2D eigenvalue weighted by molar-refractivity contribution is 0.806. The zero-order chi connectivity index (χ0) is 9.26. The molecule has 0 unspecified atom stereocenters. The van der Waals surface area contributed by atoms with Crippen molar-refractivity contribution in [1.29, 1.82) is 0 Å². The van der Waals surface area contributed by atoms with Crippen molar-refractivity contribution in [3.8, 4) is 5.95 Å². The summed E-state index contributed by atoms with van der Waals surface area (Å²) in [5.41, 5.74) is 1.10. The number of rotatable bonds is 1. The second kappa shape index (κ2) is 3.41. The van der Waals surface area contributed by atoms with Crippen molar-refractivity contribution in [1.82, 2.24) is 19.7 Å². The van der Waals surface area contributed by atoms with Gasteiger partial charge in [-0.25, -0.2) is 14.6 Å². The van der Waals surface area contributed by atoms with Crippen LogP contribution in [0.15, 0.2) is 24.8 Å². The van der Waals surface area contributed by atoms with Gasteiger partial charge in [-0.1, -0.05) is 0 Å². The molecule has 0 aromatic carbocycles. The van der Waals surface area contributed by atoms with Crippen LogP contribution in [-0.2, 0) is 0 Å². The van der Waals surface area contributed by atoms with Crippen LogP contribution in [0.1, 0.15) is 5.56 Å². The first-order valence-electron chi connectivity index (χ1n) is 3.75. The van der Waals surface area contributed by atoms with Gasteiger partial charge in [0.2, 0.25) is 5.95 Å². The summed E-state index contributed by atoms with van der Waals surface area (Å²) in [7, 11) is 0. The van der Waals surface area contributed by atoms with Gasteiger partial charge in [0.15, 0.2) is 0 Å². The van der Waals surface area contributed by atoms with Gasteiger partial charge in [0.05, 0.1) is 6.20 Å². The maximum Gasteiger partial charge on any atom is 0.250 e. The highest BCUT2D eigenvalue weighted by molar-refractivity contribution is 14.1. The van der Waals surface area contributed by atoms with Crippen LogP contribution in [0.5, 0.6) is 0 Å². The fourth-order valence-corrected chi connectivity index (χ4v) is 1.22. The second-order valence-electron chi connectivity index (χ2n) is 2.66. The monoisotopic (exact) mass is 286 g/mol. The van der Waals surface area contributed by atoms with Crippen LogP contribution in [0.25, 0.3) is 5.95 Å². The largest absolute Gasteiger partial charge is 0.250 e. The molecule has 4 nitrogen and oxygen atoms in total. The van der Waals surface area contributed by atoms with Gasteiger partial charge >= 0.3 is 0 Å². The molecule has 5 heteroatoms. The van der Waals surface area contributed by atoms with E-state index in [9.17, 15) is 0 Å². The molecule has 0 spiro atoms. The van der Waals surface area contributed by atoms with Crippen molar-refractivity contribution in [3.05, 3.63) is 33.9 Å². The maximum absolute atomic E-state index is 4.14. The first-order valence-corrected chi connectivity index (χ1v) is 4.83. The van der Waals surface area contributed by atoms with Crippen LogP contribution in [0, 0.1) is 10.5 Å². The number of halogens is 1. The van der Waals surface area contributed by atoms with Gasteiger partial charge in [-0.2, -0.15) is 5.10 Å². The highest BCUT2D eigenvalue weighted by Gasteiger charge is 1.99. The number of hydrogen-bond acceptors (Lipinski definition) is 3. The Balaban J connectivity index is 2.41. The summed E-state index contributed by atoms with van der Waals surface area (Å²) >= 11 is 2.17. The van der Waals surface area contributed by atoms with Crippen LogP contribution >= 0.6 is 22.6 Å². The van der Waals surface area contributed by atoms with E-state index in [0.717, 1.165) is 9.13 Å². The molecule has 0 N–H and O–H groups in total. The lowest BCUT2D eigenvalue weighted by Gasteiger charge is -1.97. The van der Waals surface area contributed by atoms with Crippen molar-refractivity contribution in [3.63, 3.8) is 0 Å². The Bertz CT molecular complexity index is 406. The summed E-state index contributed by atoms with van der Waals surface area (Å²) < 4.78 is 2.68. The van der Waals surface area contributed by atoms with E-state index < -0.39 is 0 Å². The zero-order valence-electron chi connectivity index (χ0n) is 6.98. The smallest absolute Gasteiger partial charge is 0.219 e. The normalized spacial score (nSPS) is 10.3. The Morgan fingerprint density at radius 1 is 1.23 bits per heavy atom. The van der Waals surface area contributed by atoms with Crippen LogP contribution in [-0.4, -0.2) is 19.7 Å². The van der Waals surface area contributed by atoms with Gasteiger partial charge in [-0.3, -0.25) is 0 Å². The molecule has 0 bridgehead atoms. The van der Waals surface area contributed by atoms with Crippen molar-refractivity contribution < 1.29 is 0 Å². The van der Waals surface area contributed by atoms with E-state index in [1.54, 1.807) is 23.3 Å². The topological polar surface area (TPSA) is 43.6 Å². The standard InChI is InChI=1S/C8H7IN4/c1-6-2-12-13(5-6)8-10-3-7(9)4-11-8/h2-5H,1H3. The first-order chi connectivity index (χ1) is 6.25. The minimum absolute atomic E-state index is 0.605. The quantitative estimate of drug-likeness (QED) is 0.747. The summed E-state index contributed by atoms with van der Waals surface area (Å²) in [4.78, 5) is 8.29. The summed E-state index contributed by atoms with van der Waals surface area (Å²) in [6, 6.07) is 0. The van der Waals surface area contributed by atoms with Crippen molar-refractivity contribution in [2.75, 3.05) is 0 Å².